The van der Waals surface area contributed by atoms with E-state index in [2.05, 4.69) is 17.2 Å². The molecule has 0 saturated carbocycles. The molecule has 2 aromatic heterocycles. The lowest BCUT2D eigenvalue weighted by Crippen LogP contribution is -2.02. The number of fused-ring (bicyclic) bond motifs is 1. The minimum Gasteiger partial charge on any atom is -0.382 e. The average Bonchev–Trinajstić information content (AvgIpc) is 3.41. The lowest BCUT2D eigenvalue weighted by atomic mass is 10.1. The van der Waals surface area contributed by atoms with E-state index in [1.807, 2.05) is 65.4 Å². The van der Waals surface area contributed by atoms with Gasteiger partial charge in [-0.25, -0.2) is 9.07 Å². The minimum atomic E-state index is -0.277. The Kier molecular flexibility index (Phi) is 5.58. The molecule has 0 saturated heterocycles. The Labute approximate surface area is 201 Å². The number of nitrogen functional groups attached to an aromatic ring is 1. The molecule has 0 atom stereocenters. The van der Waals surface area contributed by atoms with Crippen LogP contribution in [0, 0.1) is 28.5 Å². The first-order chi connectivity index (χ1) is 17.1. The standard InChI is InChI=1S/C28H19FN6/c29-25-12-6-4-8-19(25)17-34-18-21(23-11-5-7-13-26(23)34)14-20(15-30)27-24(16-31)28(32)35(33-27)22-9-2-1-3-10-22/h1-14,18H,17,32H2. The molecule has 0 unspecified atom stereocenters. The molecule has 35 heavy (non-hydrogen) atoms. The zero-order valence-corrected chi connectivity index (χ0v) is 18.6. The van der Waals surface area contributed by atoms with Crippen molar-refractivity contribution < 1.29 is 4.39 Å². The van der Waals surface area contributed by atoms with Crippen LogP contribution in [0.4, 0.5) is 10.2 Å². The fourth-order valence-electron chi connectivity index (χ4n) is 4.14. The number of benzene rings is 3. The molecule has 3 aromatic carbocycles. The second kappa shape index (κ2) is 9.01. The lowest BCUT2D eigenvalue weighted by Gasteiger charge is -2.06. The van der Waals surface area contributed by atoms with E-state index in [0.717, 1.165) is 16.5 Å². The number of anilines is 1. The van der Waals surface area contributed by atoms with Gasteiger partial charge in [0.1, 0.15) is 35.0 Å². The smallest absolute Gasteiger partial charge is 0.145 e. The fraction of sp³-hybridized carbons (Fsp3) is 0.0357. The van der Waals surface area contributed by atoms with Gasteiger partial charge < -0.3 is 10.3 Å². The Morgan fingerprint density at radius 3 is 2.43 bits per heavy atom. The van der Waals surface area contributed by atoms with Crippen LogP contribution in [0.2, 0.25) is 0 Å². The van der Waals surface area contributed by atoms with E-state index in [-0.39, 0.29) is 28.5 Å². The van der Waals surface area contributed by atoms with Gasteiger partial charge in [-0.15, -0.1) is 0 Å². The summed E-state index contributed by atoms with van der Waals surface area (Å²) in [6.45, 7) is 0.335. The summed E-state index contributed by atoms with van der Waals surface area (Å²) < 4.78 is 17.7. The van der Waals surface area contributed by atoms with Crippen molar-refractivity contribution in [3.8, 4) is 17.8 Å². The SMILES string of the molecule is N#CC(=Cc1cn(Cc2ccccc2F)c2ccccc12)c1nn(-c2ccccc2)c(N)c1C#N. The molecule has 5 rings (SSSR count). The molecular weight excluding hydrogens is 439 g/mol. The van der Waals surface area contributed by atoms with Crippen molar-refractivity contribution in [2.75, 3.05) is 5.73 Å². The van der Waals surface area contributed by atoms with Crippen LogP contribution in [0.5, 0.6) is 0 Å². The second-order valence-electron chi connectivity index (χ2n) is 7.96. The summed E-state index contributed by atoms with van der Waals surface area (Å²) in [6, 6.07) is 27.8. The fourth-order valence-corrected chi connectivity index (χ4v) is 4.14. The maximum absolute atomic E-state index is 14.3. The number of allylic oxidation sites excluding steroid dienone is 1. The van der Waals surface area contributed by atoms with Gasteiger partial charge >= 0.3 is 0 Å². The third-order valence-corrected chi connectivity index (χ3v) is 5.83. The van der Waals surface area contributed by atoms with Gasteiger partial charge in [-0.2, -0.15) is 15.6 Å². The largest absolute Gasteiger partial charge is 0.382 e. The molecule has 0 radical (unpaired) electrons. The van der Waals surface area contributed by atoms with Crippen molar-refractivity contribution in [3.63, 3.8) is 0 Å². The Morgan fingerprint density at radius 2 is 1.69 bits per heavy atom. The highest BCUT2D eigenvalue weighted by Crippen LogP contribution is 2.30. The van der Waals surface area contributed by atoms with Gasteiger partial charge in [-0.3, -0.25) is 0 Å². The summed E-state index contributed by atoms with van der Waals surface area (Å²) in [5.74, 6) is -0.113. The molecule has 0 amide bonds. The minimum absolute atomic E-state index is 0.136. The van der Waals surface area contributed by atoms with Gasteiger partial charge in [0.15, 0.2) is 0 Å². The lowest BCUT2D eigenvalue weighted by molar-refractivity contribution is 0.602. The summed E-state index contributed by atoms with van der Waals surface area (Å²) in [7, 11) is 0. The second-order valence-corrected chi connectivity index (χ2v) is 7.96. The molecule has 0 fully saturated rings. The molecule has 2 N–H and O–H groups in total. The molecule has 7 heteroatoms. The summed E-state index contributed by atoms with van der Waals surface area (Å²) in [4.78, 5) is 0. The highest BCUT2D eigenvalue weighted by molar-refractivity contribution is 5.98. The van der Waals surface area contributed by atoms with Crippen LogP contribution in [0.1, 0.15) is 22.4 Å². The van der Waals surface area contributed by atoms with Gasteiger partial charge in [-0.1, -0.05) is 54.6 Å². The first-order valence-corrected chi connectivity index (χ1v) is 10.9. The quantitative estimate of drug-likeness (QED) is 0.350. The molecule has 0 bridgehead atoms. The molecular formula is C28H19FN6. The Balaban J connectivity index is 1.64. The van der Waals surface area contributed by atoms with Gasteiger partial charge in [0, 0.05) is 28.2 Å². The molecule has 0 spiro atoms. The van der Waals surface area contributed by atoms with Crippen molar-refractivity contribution >= 4 is 28.4 Å². The van der Waals surface area contributed by atoms with E-state index in [0.29, 0.717) is 17.8 Å². The van der Waals surface area contributed by atoms with E-state index >= 15 is 0 Å². The van der Waals surface area contributed by atoms with E-state index in [9.17, 15) is 14.9 Å². The number of rotatable bonds is 5. The topological polar surface area (TPSA) is 96.3 Å². The van der Waals surface area contributed by atoms with E-state index in [1.165, 1.54) is 10.7 Å². The van der Waals surface area contributed by atoms with Crippen LogP contribution in [0.3, 0.4) is 0 Å². The number of nitriles is 2. The van der Waals surface area contributed by atoms with Crippen molar-refractivity contribution in [2.45, 2.75) is 6.54 Å². The zero-order valence-electron chi connectivity index (χ0n) is 18.6. The van der Waals surface area contributed by atoms with Crippen LogP contribution in [-0.2, 0) is 6.54 Å². The predicted octanol–water partition coefficient (Wildman–Crippen LogP) is 5.53. The number of hydrogen-bond acceptors (Lipinski definition) is 4. The first kappa shape index (κ1) is 21.7. The van der Waals surface area contributed by atoms with Crippen LogP contribution in [0.25, 0.3) is 28.2 Å². The average molecular weight is 459 g/mol. The van der Waals surface area contributed by atoms with Gasteiger partial charge in [-0.05, 0) is 30.3 Å². The van der Waals surface area contributed by atoms with Crippen molar-refractivity contribution in [1.82, 2.24) is 14.3 Å². The highest BCUT2D eigenvalue weighted by atomic mass is 19.1. The summed E-state index contributed by atoms with van der Waals surface area (Å²) in [5.41, 5.74) is 9.68. The molecule has 0 aliphatic heterocycles. The van der Waals surface area contributed by atoms with Crippen LogP contribution < -0.4 is 5.73 Å². The Hall–Kier alpha value is -5.14. The van der Waals surface area contributed by atoms with Gasteiger partial charge in [0.25, 0.3) is 0 Å². The van der Waals surface area contributed by atoms with Crippen LogP contribution >= 0.6 is 0 Å². The van der Waals surface area contributed by atoms with Crippen LogP contribution in [0.15, 0.2) is 85.1 Å². The number of nitrogens with zero attached hydrogens (tertiary/aromatic N) is 5. The number of halogens is 1. The molecule has 5 aromatic rings. The number of nitrogens with two attached hydrogens (primary N) is 1. The Morgan fingerprint density at radius 1 is 0.971 bits per heavy atom. The van der Waals surface area contributed by atoms with Crippen molar-refractivity contribution in [1.29, 1.82) is 10.5 Å². The summed E-state index contributed by atoms with van der Waals surface area (Å²) in [5, 5.41) is 25.2. The number of aromatic nitrogens is 3. The molecule has 6 nitrogen and oxygen atoms in total. The first-order valence-electron chi connectivity index (χ1n) is 10.9. The maximum atomic E-state index is 14.3. The zero-order chi connectivity index (χ0) is 24.4. The highest BCUT2D eigenvalue weighted by Gasteiger charge is 2.20. The van der Waals surface area contributed by atoms with Crippen LogP contribution in [-0.4, -0.2) is 14.3 Å². The Bertz CT molecular complexity index is 1660. The van der Waals surface area contributed by atoms with E-state index < -0.39 is 0 Å². The van der Waals surface area contributed by atoms with Gasteiger partial charge in [0.05, 0.1) is 17.8 Å². The van der Waals surface area contributed by atoms with Crippen molar-refractivity contribution in [3.05, 3.63) is 113 Å². The molecule has 168 valence electrons. The number of para-hydroxylation sites is 2. The van der Waals surface area contributed by atoms with E-state index in [4.69, 9.17) is 5.73 Å². The summed E-state index contributed by atoms with van der Waals surface area (Å²) >= 11 is 0. The van der Waals surface area contributed by atoms with Gasteiger partial charge in [0.2, 0.25) is 0 Å². The van der Waals surface area contributed by atoms with Crippen molar-refractivity contribution in [2.24, 2.45) is 0 Å². The molecule has 0 aliphatic carbocycles. The summed E-state index contributed by atoms with van der Waals surface area (Å²) in [6.07, 6.45) is 3.57. The van der Waals surface area contributed by atoms with E-state index in [1.54, 1.807) is 24.3 Å². The molecule has 0 aliphatic rings. The normalized spacial score (nSPS) is 11.3. The monoisotopic (exact) mass is 458 g/mol. The third kappa shape index (κ3) is 3.92. The number of hydrogen-bond donors (Lipinski definition) is 1. The third-order valence-electron chi connectivity index (χ3n) is 5.83. The predicted molar refractivity (Wildman–Crippen MR) is 134 cm³/mol. The molecule has 2 heterocycles. The maximum Gasteiger partial charge on any atom is 0.145 e.